The SMILES string of the molecule is CCc1ccccc1C(CN)N1CCC(C)C1. The van der Waals surface area contributed by atoms with Crippen LogP contribution in [0, 0.1) is 5.92 Å². The third kappa shape index (κ3) is 2.70. The second-order valence-electron chi connectivity index (χ2n) is 5.19. The van der Waals surface area contributed by atoms with Crippen molar-refractivity contribution in [3.63, 3.8) is 0 Å². The quantitative estimate of drug-likeness (QED) is 0.864. The number of likely N-dealkylation sites (tertiary alicyclic amines) is 1. The molecule has 1 fully saturated rings. The fourth-order valence-corrected chi connectivity index (χ4v) is 2.91. The molecule has 2 rings (SSSR count). The molecule has 0 aromatic heterocycles. The van der Waals surface area contributed by atoms with Gasteiger partial charge in [0.25, 0.3) is 0 Å². The van der Waals surface area contributed by atoms with Crippen LogP contribution in [0.15, 0.2) is 24.3 Å². The molecule has 0 spiro atoms. The fraction of sp³-hybridized carbons (Fsp3) is 0.600. The molecule has 1 aromatic rings. The van der Waals surface area contributed by atoms with Crippen LogP contribution in [0.3, 0.4) is 0 Å². The number of hydrogen-bond donors (Lipinski definition) is 1. The summed E-state index contributed by atoms with van der Waals surface area (Å²) in [6.07, 6.45) is 2.40. The Bertz CT molecular complexity index is 362. The minimum Gasteiger partial charge on any atom is -0.329 e. The summed E-state index contributed by atoms with van der Waals surface area (Å²) in [5.41, 5.74) is 8.90. The third-order valence-corrected chi connectivity index (χ3v) is 3.91. The number of nitrogens with two attached hydrogens (primary N) is 1. The molecule has 2 heteroatoms. The van der Waals surface area contributed by atoms with Crippen LogP contribution in [0.5, 0.6) is 0 Å². The zero-order valence-corrected chi connectivity index (χ0v) is 11.0. The number of hydrogen-bond acceptors (Lipinski definition) is 2. The molecule has 0 bridgehead atoms. The lowest BCUT2D eigenvalue weighted by Crippen LogP contribution is -2.32. The summed E-state index contributed by atoms with van der Waals surface area (Å²) < 4.78 is 0. The molecule has 0 saturated carbocycles. The molecule has 17 heavy (non-hydrogen) atoms. The molecule has 0 amide bonds. The van der Waals surface area contributed by atoms with Crippen molar-refractivity contribution in [1.29, 1.82) is 0 Å². The Balaban J connectivity index is 2.22. The van der Waals surface area contributed by atoms with Crippen molar-refractivity contribution < 1.29 is 0 Å². The smallest absolute Gasteiger partial charge is 0.0473 e. The maximum atomic E-state index is 6.01. The van der Waals surface area contributed by atoms with Gasteiger partial charge < -0.3 is 5.73 Å². The summed E-state index contributed by atoms with van der Waals surface area (Å²) in [6, 6.07) is 9.16. The average molecular weight is 232 g/mol. The monoisotopic (exact) mass is 232 g/mol. The zero-order chi connectivity index (χ0) is 12.3. The van der Waals surface area contributed by atoms with E-state index >= 15 is 0 Å². The van der Waals surface area contributed by atoms with E-state index in [0.717, 1.165) is 18.9 Å². The van der Waals surface area contributed by atoms with Crippen molar-refractivity contribution in [2.24, 2.45) is 11.7 Å². The normalized spacial score (nSPS) is 22.9. The van der Waals surface area contributed by atoms with Crippen LogP contribution in [0.1, 0.15) is 37.4 Å². The largest absolute Gasteiger partial charge is 0.329 e. The maximum absolute atomic E-state index is 6.01. The van der Waals surface area contributed by atoms with Crippen molar-refractivity contribution in [1.82, 2.24) is 4.90 Å². The van der Waals surface area contributed by atoms with E-state index in [0.29, 0.717) is 6.04 Å². The van der Waals surface area contributed by atoms with Crippen molar-refractivity contribution in [3.8, 4) is 0 Å². The van der Waals surface area contributed by atoms with Gasteiger partial charge in [-0.05, 0) is 36.4 Å². The Morgan fingerprint density at radius 3 is 2.76 bits per heavy atom. The van der Waals surface area contributed by atoms with Gasteiger partial charge in [0.05, 0.1) is 0 Å². The minimum atomic E-state index is 0.413. The molecule has 2 nitrogen and oxygen atoms in total. The van der Waals surface area contributed by atoms with Crippen LogP contribution in [-0.4, -0.2) is 24.5 Å². The Kier molecular flexibility index (Phi) is 4.19. The summed E-state index contributed by atoms with van der Waals surface area (Å²) in [4.78, 5) is 2.55. The molecule has 0 aliphatic carbocycles. The zero-order valence-electron chi connectivity index (χ0n) is 11.0. The first-order chi connectivity index (χ1) is 8.26. The predicted octanol–water partition coefficient (Wildman–Crippen LogP) is 2.59. The Hall–Kier alpha value is -0.860. The first-order valence-corrected chi connectivity index (χ1v) is 6.78. The van der Waals surface area contributed by atoms with E-state index < -0.39 is 0 Å². The molecule has 1 aliphatic rings. The average Bonchev–Trinajstić information content (AvgIpc) is 2.77. The maximum Gasteiger partial charge on any atom is 0.0473 e. The molecule has 1 aliphatic heterocycles. The van der Waals surface area contributed by atoms with Gasteiger partial charge >= 0.3 is 0 Å². The lowest BCUT2D eigenvalue weighted by molar-refractivity contribution is 0.243. The van der Waals surface area contributed by atoms with E-state index in [1.54, 1.807) is 0 Å². The van der Waals surface area contributed by atoms with E-state index in [1.807, 2.05) is 0 Å². The summed E-state index contributed by atoms with van der Waals surface area (Å²) in [5.74, 6) is 0.817. The highest BCUT2D eigenvalue weighted by Gasteiger charge is 2.26. The number of benzene rings is 1. The second-order valence-corrected chi connectivity index (χ2v) is 5.19. The first-order valence-electron chi connectivity index (χ1n) is 6.78. The van der Waals surface area contributed by atoms with Crippen LogP contribution in [-0.2, 0) is 6.42 Å². The van der Waals surface area contributed by atoms with E-state index in [1.165, 1.54) is 30.6 Å². The Morgan fingerprint density at radius 2 is 2.18 bits per heavy atom. The van der Waals surface area contributed by atoms with Crippen LogP contribution in [0.2, 0.25) is 0 Å². The minimum absolute atomic E-state index is 0.413. The summed E-state index contributed by atoms with van der Waals surface area (Å²) in [7, 11) is 0. The molecule has 1 heterocycles. The number of rotatable bonds is 4. The highest BCUT2D eigenvalue weighted by molar-refractivity contribution is 5.30. The van der Waals surface area contributed by atoms with E-state index in [4.69, 9.17) is 5.73 Å². The van der Waals surface area contributed by atoms with Gasteiger partial charge in [-0.3, -0.25) is 4.90 Å². The van der Waals surface area contributed by atoms with E-state index in [9.17, 15) is 0 Å². The van der Waals surface area contributed by atoms with Crippen LogP contribution in [0.25, 0.3) is 0 Å². The number of aryl methyl sites for hydroxylation is 1. The van der Waals surface area contributed by atoms with Crippen LogP contribution >= 0.6 is 0 Å². The topological polar surface area (TPSA) is 29.3 Å². The fourth-order valence-electron chi connectivity index (χ4n) is 2.91. The van der Waals surface area contributed by atoms with Crippen molar-refractivity contribution in [2.75, 3.05) is 19.6 Å². The molecule has 94 valence electrons. The standard InChI is InChI=1S/C15H24N2/c1-3-13-6-4-5-7-14(13)15(10-16)17-9-8-12(2)11-17/h4-7,12,15H,3,8-11,16H2,1-2H3. The molecule has 0 radical (unpaired) electrons. The van der Waals surface area contributed by atoms with Gasteiger partial charge in [-0.15, -0.1) is 0 Å². The van der Waals surface area contributed by atoms with Crippen LogP contribution in [0.4, 0.5) is 0 Å². The van der Waals surface area contributed by atoms with E-state index in [2.05, 4.69) is 43.0 Å². The van der Waals surface area contributed by atoms with Crippen molar-refractivity contribution in [2.45, 2.75) is 32.7 Å². The predicted molar refractivity (Wildman–Crippen MR) is 73.0 cm³/mol. The highest BCUT2D eigenvalue weighted by Crippen LogP contribution is 2.28. The second kappa shape index (κ2) is 5.65. The Labute approximate surface area is 105 Å². The summed E-state index contributed by atoms with van der Waals surface area (Å²) >= 11 is 0. The molecule has 1 saturated heterocycles. The molecule has 2 N–H and O–H groups in total. The lowest BCUT2D eigenvalue weighted by atomic mass is 9.97. The van der Waals surface area contributed by atoms with Crippen LogP contribution < -0.4 is 5.73 Å². The Morgan fingerprint density at radius 1 is 1.41 bits per heavy atom. The van der Waals surface area contributed by atoms with Gasteiger partial charge in [0.2, 0.25) is 0 Å². The number of nitrogens with zero attached hydrogens (tertiary/aromatic N) is 1. The molecule has 1 aromatic carbocycles. The lowest BCUT2D eigenvalue weighted by Gasteiger charge is -2.28. The van der Waals surface area contributed by atoms with E-state index in [-0.39, 0.29) is 0 Å². The van der Waals surface area contributed by atoms with Crippen molar-refractivity contribution in [3.05, 3.63) is 35.4 Å². The van der Waals surface area contributed by atoms with Crippen molar-refractivity contribution >= 4 is 0 Å². The van der Waals surface area contributed by atoms with Gasteiger partial charge in [0.1, 0.15) is 0 Å². The molecule has 2 unspecified atom stereocenters. The van der Waals surface area contributed by atoms with Gasteiger partial charge in [-0.1, -0.05) is 38.1 Å². The summed E-state index contributed by atoms with van der Waals surface area (Å²) in [6.45, 7) is 7.67. The molecular formula is C15H24N2. The summed E-state index contributed by atoms with van der Waals surface area (Å²) in [5, 5.41) is 0. The van der Waals surface area contributed by atoms with Gasteiger partial charge in [-0.2, -0.15) is 0 Å². The van der Waals surface area contributed by atoms with Gasteiger partial charge in [0.15, 0.2) is 0 Å². The van der Waals surface area contributed by atoms with Gasteiger partial charge in [-0.25, -0.2) is 0 Å². The molecule has 2 atom stereocenters. The first kappa shape index (κ1) is 12.6. The molecular weight excluding hydrogens is 208 g/mol. The third-order valence-electron chi connectivity index (χ3n) is 3.91. The highest BCUT2D eigenvalue weighted by atomic mass is 15.2. The van der Waals surface area contributed by atoms with Gasteiger partial charge in [0, 0.05) is 19.1 Å².